The fourth-order valence-corrected chi connectivity index (χ4v) is 2.62. The maximum absolute atomic E-state index is 11.3. The molecule has 1 unspecified atom stereocenters. The highest BCUT2D eigenvalue weighted by Crippen LogP contribution is 2.43. The second-order valence-electron chi connectivity index (χ2n) is 4.40. The number of carbonyl (C=O) groups is 1. The van der Waals surface area contributed by atoms with Gasteiger partial charge >= 0.3 is 5.97 Å². The Bertz CT molecular complexity index is 494. The summed E-state index contributed by atoms with van der Waals surface area (Å²) >= 11 is 0. The van der Waals surface area contributed by atoms with Crippen molar-refractivity contribution in [3.8, 4) is 5.88 Å². The fraction of sp³-hybridized carbons (Fsp3) is 0.429. The average Bonchev–Trinajstić information content (AvgIpc) is 2.82. The second-order valence-corrected chi connectivity index (χ2v) is 4.40. The van der Waals surface area contributed by atoms with Crippen molar-refractivity contribution in [1.82, 2.24) is 4.98 Å². The molecule has 1 aromatic rings. The van der Waals surface area contributed by atoms with Crippen molar-refractivity contribution >= 4 is 11.5 Å². The van der Waals surface area contributed by atoms with E-state index in [0.717, 1.165) is 24.0 Å². The number of aliphatic carboxylic acids is 1. The molecule has 0 fully saturated rings. The summed E-state index contributed by atoms with van der Waals surface area (Å²) in [7, 11) is 1.56. The molecule has 4 nitrogen and oxygen atoms in total. The summed E-state index contributed by atoms with van der Waals surface area (Å²) in [6.45, 7) is 2.08. The summed E-state index contributed by atoms with van der Waals surface area (Å²) in [5, 5.41) is 9.30. The first-order chi connectivity index (χ1) is 8.69. The van der Waals surface area contributed by atoms with Gasteiger partial charge in [0.25, 0.3) is 0 Å². The summed E-state index contributed by atoms with van der Waals surface area (Å²) in [6, 6.07) is 3.70. The van der Waals surface area contributed by atoms with E-state index in [-0.39, 0.29) is 5.92 Å². The van der Waals surface area contributed by atoms with Crippen LogP contribution in [0.15, 0.2) is 23.9 Å². The van der Waals surface area contributed by atoms with Crippen molar-refractivity contribution < 1.29 is 14.6 Å². The van der Waals surface area contributed by atoms with Crippen LogP contribution < -0.4 is 4.74 Å². The number of aromatic nitrogens is 1. The molecule has 0 spiro atoms. The Hall–Kier alpha value is -1.84. The highest BCUT2D eigenvalue weighted by atomic mass is 16.5. The standard InChI is InChI=1S/C14H17NO3/c1-3-9-6-7-11(14(16)17)12(9)10-5-4-8-15-13(10)18-2/h4-5,8-9H,3,6-7H2,1-2H3,(H,16,17). The maximum atomic E-state index is 11.3. The monoisotopic (exact) mass is 247 g/mol. The zero-order valence-corrected chi connectivity index (χ0v) is 10.6. The molecule has 0 saturated carbocycles. The minimum Gasteiger partial charge on any atom is -0.481 e. The number of pyridine rings is 1. The molecule has 4 heteroatoms. The van der Waals surface area contributed by atoms with Crippen molar-refractivity contribution in [3.63, 3.8) is 0 Å². The third-order valence-corrected chi connectivity index (χ3v) is 3.48. The Kier molecular flexibility index (Phi) is 3.65. The molecule has 1 aliphatic rings. The van der Waals surface area contributed by atoms with Gasteiger partial charge in [-0.2, -0.15) is 0 Å². The van der Waals surface area contributed by atoms with E-state index in [0.29, 0.717) is 17.9 Å². The minimum atomic E-state index is -0.827. The van der Waals surface area contributed by atoms with Crippen LogP contribution >= 0.6 is 0 Å². The molecule has 1 N–H and O–H groups in total. The first kappa shape index (κ1) is 12.6. The highest BCUT2D eigenvalue weighted by Gasteiger charge is 2.30. The zero-order chi connectivity index (χ0) is 13.1. The molecule has 1 heterocycles. The van der Waals surface area contributed by atoms with E-state index in [1.165, 1.54) is 0 Å². The molecule has 1 atom stereocenters. The van der Waals surface area contributed by atoms with Crippen LogP contribution in [-0.4, -0.2) is 23.2 Å². The van der Waals surface area contributed by atoms with Crippen LogP contribution in [0.2, 0.25) is 0 Å². The van der Waals surface area contributed by atoms with Gasteiger partial charge in [-0.05, 0) is 42.9 Å². The SMILES string of the molecule is CCC1CCC(C(=O)O)=C1c1cccnc1OC. The van der Waals surface area contributed by atoms with Gasteiger partial charge in [0.2, 0.25) is 5.88 Å². The molecule has 0 amide bonds. The third kappa shape index (κ3) is 2.10. The zero-order valence-electron chi connectivity index (χ0n) is 10.6. The van der Waals surface area contributed by atoms with Crippen LogP contribution in [0.3, 0.4) is 0 Å². The van der Waals surface area contributed by atoms with Crippen LogP contribution in [0.4, 0.5) is 0 Å². The highest BCUT2D eigenvalue weighted by molar-refractivity contribution is 5.98. The van der Waals surface area contributed by atoms with Gasteiger partial charge < -0.3 is 9.84 Å². The van der Waals surface area contributed by atoms with Crippen molar-refractivity contribution in [1.29, 1.82) is 0 Å². The molecule has 0 saturated heterocycles. The predicted octanol–water partition coefficient (Wildman–Crippen LogP) is 2.75. The largest absolute Gasteiger partial charge is 0.481 e. The van der Waals surface area contributed by atoms with Crippen LogP contribution in [0.1, 0.15) is 31.7 Å². The fourth-order valence-electron chi connectivity index (χ4n) is 2.62. The number of hydrogen-bond acceptors (Lipinski definition) is 3. The average molecular weight is 247 g/mol. The second kappa shape index (κ2) is 5.21. The van der Waals surface area contributed by atoms with Crippen LogP contribution in [0.5, 0.6) is 5.88 Å². The van der Waals surface area contributed by atoms with Gasteiger partial charge in [-0.3, -0.25) is 0 Å². The number of nitrogens with zero attached hydrogens (tertiary/aromatic N) is 1. The summed E-state index contributed by atoms with van der Waals surface area (Å²) in [5.74, 6) is -0.0346. The molecular weight excluding hydrogens is 230 g/mol. The Labute approximate surface area is 106 Å². The van der Waals surface area contributed by atoms with Crippen LogP contribution in [0, 0.1) is 5.92 Å². The number of carboxylic acids is 1. The lowest BCUT2D eigenvalue weighted by atomic mass is 9.92. The van der Waals surface area contributed by atoms with Gasteiger partial charge in [0.15, 0.2) is 0 Å². The Balaban J connectivity index is 2.56. The molecule has 1 aliphatic carbocycles. The van der Waals surface area contributed by atoms with E-state index in [2.05, 4.69) is 11.9 Å². The summed E-state index contributed by atoms with van der Waals surface area (Å²) in [6.07, 6.45) is 4.11. The Morgan fingerprint density at radius 1 is 1.61 bits per heavy atom. The van der Waals surface area contributed by atoms with Crippen LogP contribution in [-0.2, 0) is 4.79 Å². The number of ether oxygens (including phenoxy) is 1. The summed E-state index contributed by atoms with van der Waals surface area (Å²) in [4.78, 5) is 15.5. The van der Waals surface area contributed by atoms with Crippen molar-refractivity contribution in [2.24, 2.45) is 5.92 Å². The number of allylic oxidation sites excluding steroid dienone is 1. The van der Waals surface area contributed by atoms with Gasteiger partial charge in [-0.15, -0.1) is 0 Å². The molecule has 0 radical (unpaired) electrons. The van der Waals surface area contributed by atoms with E-state index in [1.807, 2.05) is 12.1 Å². The topological polar surface area (TPSA) is 59.4 Å². The quantitative estimate of drug-likeness (QED) is 0.888. The van der Waals surface area contributed by atoms with Gasteiger partial charge in [-0.1, -0.05) is 6.92 Å². The molecule has 0 bridgehead atoms. The maximum Gasteiger partial charge on any atom is 0.331 e. The van der Waals surface area contributed by atoms with E-state index < -0.39 is 5.97 Å². The summed E-state index contributed by atoms with van der Waals surface area (Å²) in [5.41, 5.74) is 2.23. The Morgan fingerprint density at radius 2 is 2.39 bits per heavy atom. The smallest absolute Gasteiger partial charge is 0.331 e. The minimum absolute atomic E-state index is 0.286. The van der Waals surface area contributed by atoms with E-state index in [4.69, 9.17) is 4.74 Å². The lowest BCUT2D eigenvalue weighted by Crippen LogP contribution is -2.04. The van der Waals surface area contributed by atoms with Gasteiger partial charge in [0, 0.05) is 17.3 Å². The van der Waals surface area contributed by atoms with Crippen molar-refractivity contribution in [2.45, 2.75) is 26.2 Å². The molecule has 0 aromatic carbocycles. The van der Waals surface area contributed by atoms with E-state index in [1.54, 1.807) is 13.3 Å². The lowest BCUT2D eigenvalue weighted by Gasteiger charge is -2.15. The van der Waals surface area contributed by atoms with Crippen LogP contribution in [0.25, 0.3) is 5.57 Å². The molecule has 1 aromatic heterocycles. The van der Waals surface area contributed by atoms with Crippen molar-refractivity contribution in [3.05, 3.63) is 29.5 Å². The van der Waals surface area contributed by atoms with Gasteiger partial charge in [0.1, 0.15) is 0 Å². The number of carboxylic acid groups (broad SMARTS) is 1. The van der Waals surface area contributed by atoms with Gasteiger partial charge in [-0.25, -0.2) is 9.78 Å². The van der Waals surface area contributed by atoms with E-state index in [9.17, 15) is 9.90 Å². The predicted molar refractivity (Wildman–Crippen MR) is 68.4 cm³/mol. The lowest BCUT2D eigenvalue weighted by molar-refractivity contribution is -0.132. The molecule has 0 aliphatic heterocycles. The first-order valence-corrected chi connectivity index (χ1v) is 6.14. The molecule has 18 heavy (non-hydrogen) atoms. The molecule has 2 rings (SSSR count). The van der Waals surface area contributed by atoms with Gasteiger partial charge in [0.05, 0.1) is 7.11 Å². The number of hydrogen-bond donors (Lipinski definition) is 1. The molecule has 96 valence electrons. The number of methoxy groups -OCH3 is 1. The normalized spacial score (nSPS) is 19.1. The first-order valence-electron chi connectivity index (χ1n) is 6.14. The van der Waals surface area contributed by atoms with Crippen molar-refractivity contribution in [2.75, 3.05) is 7.11 Å². The summed E-state index contributed by atoms with van der Waals surface area (Å²) < 4.78 is 5.24. The van der Waals surface area contributed by atoms with E-state index >= 15 is 0 Å². The third-order valence-electron chi connectivity index (χ3n) is 3.48. The number of rotatable bonds is 4. The Morgan fingerprint density at radius 3 is 3.00 bits per heavy atom. The molecular formula is C14H17NO3.